The summed E-state index contributed by atoms with van der Waals surface area (Å²) in [5.74, 6) is -1.16. The molecular formula is C27H21N3O5. The Bertz CT molecular complexity index is 1420. The maximum absolute atomic E-state index is 13.0. The van der Waals surface area contributed by atoms with Crippen molar-refractivity contribution in [2.45, 2.75) is 12.5 Å². The van der Waals surface area contributed by atoms with Crippen LogP contribution >= 0.6 is 0 Å². The van der Waals surface area contributed by atoms with Crippen molar-refractivity contribution in [2.75, 3.05) is 5.32 Å². The molecule has 0 heterocycles. The first-order chi connectivity index (χ1) is 16.9. The van der Waals surface area contributed by atoms with E-state index in [0.29, 0.717) is 11.8 Å². The van der Waals surface area contributed by atoms with E-state index in [1.165, 1.54) is 12.1 Å². The first-order valence-electron chi connectivity index (χ1n) is 10.8. The van der Waals surface area contributed by atoms with E-state index >= 15 is 0 Å². The van der Waals surface area contributed by atoms with Crippen molar-refractivity contribution in [3.05, 3.63) is 118 Å². The lowest BCUT2D eigenvalue weighted by molar-refractivity contribution is -0.384. The second-order valence-electron chi connectivity index (χ2n) is 7.91. The number of rotatable bonds is 8. The molecule has 8 nitrogen and oxygen atoms in total. The van der Waals surface area contributed by atoms with Gasteiger partial charge in [0.25, 0.3) is 17.5 Å². The van der Waals surface area contributed by atoms with Gasteiger partial charge in [0.05, 0.1) is 22.2 Å². The molecule has 0 unspecified atom stereocenters. The molecule has 4 aromatic carbocycles. The smallest absolute Gasteiger partial charge is 0.271 e. The molecule has 4 aromatic rings. The molecule has 0 aliphatic rings. The van der Waals surface area contributed by atoms with Crippen molar-refractivity contribution in [3.63, 3.8) is 0 Å². The average molecular weight is 467 g/mol. The van der Waals surface area contributed by atoms with Crippen molar-refractivity contribution in [1.82, 2.24) is 5.32 Å². The van der Waals surface area contributed by atoms with Crippen LogP contribution in [0.25, 0.3) is 10.8 Å². The van der Waals surface area contributed by atoms with E-state index in [2.05, 4.69) is 10.6 Å². The van der Waals surface area contributed by atoms with Crippen LogP contribution in [-0.2, 0) is 11.2 Å². The third-order valence-electron chi connectivity index (χ3n) is 5.50. The molecule has 1 atom stereocenters. The molecule has 2 N–H and O–H groups in total. The lowest BCUT2D eigenvalue weighted by Crippen LogP contribution is -2.38. The predicted octanol–water partition coefficient (Wildman–Crippen LogP) is 4.54. The van der Waals surface area contributed by atoms with Crippen molar-refractivity contribution in [3.8, 4) is 0 Å². The quantitative estimate of drug-likeness (QED) is 0.224. The highest BCUT2D eigenvalue weighted by atomic mass is 16.6. The molecule has 2 amide bonds. The maximum Gasteiger partial charge on any atom is 0.271 e. The van der Waals surface area contributed by atoms with E-state index in [1.807, 2.05) is 54.6 Å². The number of hydrogen-bond acceptors (Lipinski definition) is 5. The zero-order valence-corrected chi connectivity index (χ0v) is 18.5. The SMILES string of the molecule is O=C[C@H](Cc1ccccc1)NC(=O)c1ccc([N+](=O)[O-])cc1NC(=O)c1ccc2ccccc2c1. The number of non-ortho nitro benzene ring substituents is 1. The second-order valence-corrected chi connectivity index (χ2v) is 7.91. The summed E-state index contributed by atoms with van der Waals surface area (Å²) in [6.07, 6.45) is 0.908. The van der Waals surface area contributed by atoms with Crippen LogP contribution in [0.5, 0.6) is 0 Å². The van der Waals surface area contributed by atoms with Gasteiger partial charge in [-0.1, -0.05) is 60.7 Å². The van der Waals surface area contributed by atoms with Crippen LogP contribution in [0, 0.1) is 10.1 Å². The summed E-state index contributed by atoms with van der Waals surface area (Å²) in [5.41, 5.74) is 0.880. The molecule has 0 saturated carbocycles. The number of carbonyl (C=O) groups is 3. The number of fused-ring (bicyclic) bond motifs is 1. The van der Waals surface area contributed by atoms with Crippen molar-refractivity contribution >= 4 is 40.2 Å². The van der Waals surface area contributed by atoms with E-state index in [9.17, 15) is 24.5 Å². The summed E-state index contributed by atoms with van der Waals surface area (Å²) in [5, 5.41) is 18.4. The molecule has 0 fully saturated rings. The summed E-state index contributed by atoms with van der Waals surface area (Å²) in [4.78, 5) is 48.3. The van der Waals surface area contributed by atoms with Gasteiger partial charge >= 0.3 is 0 Å². The number of hydrogen-bond donors (Lipinski definition) is 2. The minimum atomic E-state index is -0.816. The fourth-order valence-corrected chi connectivity index (χ4v) is 3.72. The summed E-state index contributed by atoms with van der Waals surface area (Å²) >= 11 is 0. The highest BCUT2D eigenvalue weighted by molar-refractivity contribution is 6.10. The first kappa shape index (κ1) is 23.3. The second kappa shape index (κ2) is 10.4. The molecule has 174 valence electrons. The van der Waals surface area contributed by atoms with Gasteiger partial charge in [0.2, 0.25) is 0 Å². The zero-order chi connectivity index (χ0) is 24.8. The minimum Gasteiger partial charge on any atom is -0.342 e. The van der Waals surface area contributed by atoms with Gasteiger partial charge in [0.1, 0.15) is 6.29 Å². The molecule has 35 heavy (non-hydrogen) atoms. The summed E-state index contributed by atoms with van der Waals surface area (Å²) < 4.78 is 0. The largest absolute Gasteiger partial charge is 0.342 e. The van der Waals surface area contributed by atoms with E-state index < -0.39 is 22.8 Å². The molecule has 0 saturated heterocycles. The van der Waals surface area contributed by atoms with Crippen LogP contribution in [0.1, 0.15) is 26.3 Å². The third kappa shape index (κ3) is 5.56. The van der Waals surface area contributed by atoms with E-state index in [1.54, 1.807) is 18.2 Å². The van der Waals surface area contributed by atoms with Crippen LogP contribution < -0.4 is 10.6 Å². The molecule has 0 spiro atoms. The van der Waals surface area contributed by atoms with Gasteiger partial charge in [0.15, 0.2) is 0 Å². The Balaban J connectivity index is 1.59. The highest BCUT2D eigenvalue weighted by Gasteiger charge is 2.21. The summed E-state index contributed by atoms with van der Waals surface area (Å²) in [6.45, 7) is 0. The van der Waals surface area contributed by atoms with Crippen molar-refractivity contribution in [2.24, 2.45) is 0 Å². The first-order valence-corrected chi connectivity index (χ1v) is 10.8. The Morgan fingerprint density at radius 3 is 2.29 bits per heavy atom. The molecule has 0 aliphatic carbocycles. The lowest BCUT2D eigenvalue weighted by Gasteiger charge is -2.15. The average Bonchev–Trinajstić information content (AvgIpc) is 2.88. The Kier molecular flexibility index (Phi) is 6.92. The lowest BCUT2D eigenvalue weighted by atomic mass is 10.0. The molecule has 8 heteroatoms. The van der Waals surface area contributed by atoms with E-state index in [0.717, 1.165) is 22.4 Å². The third-order valence-corrected chi connectivity index (χ3v) is 5.50. The predicted molar refractivity (Wildman–Crippen MR) is 132 cm³/mol. The summed E-state index contributed by atoms with van der Waals surface area (Å²) in [7, 11) is 0. The molecule has 0 radical (unpaired) electrons. The molecule has 4 rings (SSSR count). The van der Waals surface area contributed by atoms with Crippen LogP contribution in [0.4, 0.5) is 11.4 Å². The van der Waals surface area contributed by atoms with Crippen molar-refractivity contribution in [1.29, 1.82) is 0 Å². The van der Waals surface area contributed by atoms with Crippen LogP contribution in [0.15, 0.2) is 91.0 Å². The number of benzene rings is 4. The molecular weight excluding hydrogens is 446 g/mol. The number of amides is 2. The number of nitrogens with zero attached hydrogens (tertiary/aromatic N) is 1. The highest BCUT2D eigenvalue weighted by Crippen LogP contribution is 2.24. The number of nitrogens with one attached hydrogen (secondary N) is 2. The standard InChI is InChI=1S/C27H21N3O5/c31-17-22(14-18-6-2-1-3-7-18)28-27(33)24-13-12-23(30(34)35)16-25(24)29-26(32)21-11-10-19-8-4-5-9-20(19)15-21/h1-13,15-17,22H,14H2,(H,28,33)(H,29,32)/t22-/m0/s1. The van der Waals surface area contributed by atoms with Gasteiger partial charge in [-0.25, -0.2) is 0 Å². The Morgan fingerprint density at radius 2 is 1.57 bits per heavy atom. The van der Waals surface area contributed by atoms with Gasteiger partial charge in [-0.2, -0.15) is 0 Å². The van der Waals surface area contributed by atoms with E-state index in [-0.39, 0.29) is 23.4 Å². The number of anilines is 1. The molecule has 0 aromatic heterocycles. The van der Waals surface area contributed by atoms with Crippen molar-refractivity contribution < 1.29 is 19.3 Å². The maximum atomic E-state index is 13.0. The van der Waals surface area contributed by atoms with Gasteiger partial charge in [-0.05, 0) is 41.0 Å². The van der Waals surface area contributed by atoms with Gasteiger partial charge in [-0.15, -0.1) is 0 Å². The van der Waals surface area contributed by atoms with Crippen LogP contribution in [-0.4, -0.2) is 29.1 Å². The monoisotopic (exact) mass is 467 g/mol. The van der Waals surface area contributed by atoms with Gasteiger partial charge in [0, 0.05) is 17.7 Å². The Labute approximate surface area is 200 Å². The number of nitro groups is 1. The Hall–Kier alpha value is -4.85. The molecule has 0 bridgehead atoms. The fraction of sp³-hybridized carbons (Fsp3) is 0.0741. The molecule has 0 aliphatic heterocycles. The minimum absolute atomic E-state index is 0.00431. The van der Waals surface area contributed by atoms with Crippen LogP contribution in [0.3, 0.4) is 0 Å². The Morgan fingerprint density at radius 1 is 0.857 bits per heavy atom. The number of nitro benzene ring substituents is 1. The van der Waals surface area contributed by atoms with Gasteiger partial charge < -0.3 is 15.4 Å². The number of carbonyl (C=O) groups excluding carboxylic acids is 3. The fourth-order valence-electron chi connectivity index (χ4n) is 3.72. The number of aldehydes is 1. The van der Waals surface area contributed by atoms with Gasteiger partial charge in [-0.3, -0.25) is 19.7 Å². The van der Waals surface area contributed by atoms with Crippen LogP contribution in [0.2, 0.25) is 0 Å². The normalized spacial score (nSPS) is 11.4. The van der Waals surface area contributed by atoms with E-state index in [4.69, 9.17) is 0 Å². The summed E-state index contributed by atoms with van der Waals surface area (Å²) in [6, 6.07) is 24.6. The zero-order valence-electron chi connectivity index (χ0n) is 18.5. The topological polar surface area (TPSA) is 118 Å².